The van der Waals surface area contributed by atoms with Gasteiger partial charge in [-0.2, -0.15) is 0 Å². The van der Waals surface area contributed by atoms with Crippen molar-refractivity contribution >= 4 is 17.7 Å². The minimum atomic E-state index is -0.342. The van der Waals surface area contributed by atoms with Crippen molar-refractivity contribution in [3.8, 4) is 0 Å². The van der Waals surface area contributed by atoms with Crippen molar-refractivity contribution in [1.82, 2.24) is 0 Å². The summed E-state index contributed by atoms with van der Waals surface area (Å²) in [7, 11) is 5.31. The fraction of sp³-hybridized carbons (Fsp3) is 0.250. The Hall–Kier alpha value is -1.77. The first-order valence-electron chi connectivity index (χ1n) is 4.67. The van der Waals surface area contributed by atoms with Crippen molar-refractivity contribution in [3.63, 3.8) is 0 Å². The maximum absolute atomic E-state index is 10.9. The number of rotatable bonds is 3. The molecule has 0 saturated carbocycles. The molecule has 0 unspecified atom stereocenters. The Morgan fingerprint density at radius 3 is 2.73 bits per heavy atom. The van der Waals surface area contributed by atoms with E-state index in [-0.39, 0.29) is 5.97 Å². The van der Waals surface area contributed by atoms with Crippen molar-refractivity contribution in [1.29, 1.82) is 0 Å². The van der Waals surface area contributed by atoms with Gasteiger partial charge in [-0.25, -0.2) is 4.79 Å². The molecule has 0 atom stereocenters. The van der Waals surface area contributed by atoms with E-state index in [9.17, 15) is 4.79 Å². The highest BCUT2D eigenvalue weighted by Gasteiger charge is 1.96. The van der Waals surface area contributed by atoms with Gasteiger partial charge in [0.1, 0.15) is 0 Å². The number of hydrogen-bond acceptors (Lipinski definition) is 3. The molecule has 1 aromatic rings. The highest BCUT2D eigenvalue weighted by Crippen LogP contribution is 2.14. The Morgan fingerprint density at radius 2 is 2.13 bits per heavy atom. The number of carbonyl (C=O) groups excluding carboxylic acids is 1. The summed E-state index contributed by atoms with van der Waals surface area (Å²) < 4.78 is 4.51. The summed E-state index contributed by atoms with van der Waals surface area (Å²) >= 11 is 0. The van der Waals surface area contributed by atoms with E-state index < -0.39 is 0 Å². The molecule has 0 saturated heterocycles. The van der Waals surface area contributed by atoms with Crippen molar-refractivity contribution in [2.75, 3.05) is 26.1 Å². The molecule has 0 aliphatic heterocycles. The van der Waals surface area contributed by atoms with Gasteiger partial charge in [-0.1, -0.05) is 12.1 Å². The van der Waals surface area contributed by atoms with Crippen LogP contribution in [-0.4, -0.2) is 27.2 Å². The van der Waals surface area contributed by atoms with Gasteiger partial charge in [0.2, 0.25) is 0 Å². The molecule has 80 valence electrons. The molecule has 3 nitrogen and oxygen atoms in total. The number of nitrogens with zero attached hydrogens (tertiary/aromatic N) is 1. The quantitative estimate of drug-likeness (QED) is 0.558. The SMILES string of the molecule is COC(=O)C=Cc1cccc(N(C)C)c1. The first-order chi connectivity index (χ1) is 7.13. The van der Waals surface area contributed by atoms with Crippen LogP contribution in [-0.2, 0) is 9.53 Å². The Kier molecular flexibility index (Phi) is 3.92. The summed E-state index contributed by atoms with van der Waals surface area (Å²) in [4.78, 5) is 12.9. The molecule has 0 spiro atoms. The topological polar surface area (TPSA) is 29.5 Å². The van der Waals surface area contributed by atoms with Gasteiger partial charge in [0.25, 0.3) is 0 Å². The van der Waals surface area contributed by atoms with E-state index in [1.165, 1.54) is 13.2 Å². The molecule has 15 heavy (non-hydrogen) atoms. The van der Waals surface area contributed by atoms with E-state index in [1.54, 1.807) is 6.08 Å². The number of esters is 1. The van der Waals surface area contributed by atoms with Gasteiger partial charge in [0, 0.05) is 25.9 Å². The number of anilines is 1. The van der Waals surface area contributed by atoms with Crippen LogP contribution >= 0.6 is 0 Å². The second-order valence-corrected chi connectivity index (χ2v) is 3.35. The van der Waals surface area contributed by atoms with Gasteiger partial charge in [0.05, 0.1) is 7.11 Å². The number of ether oxygens (including phenoxy) is 1. The van der Waals surface area contributed by atoms with Crippen LogP contribution in [0.25, 0.3) is 6.08 Å². The van der Waals surface area contributed by atoms with Crippen molar-refractivity contribution in [3.05, 3.63) is 35.9 Å². The highest BCUT2D eigenvalue weighted by molar-refractivity contribution is 5.87. The molecule has 0 aliphatic carbocycles. The smallest absolute Gasteiger partial charge is 0.330 e. The fourth-order valence-corrected chi connectivity index (χ4v) is 1.14. The molecule has 0 bridgehead atoms. The van der Waals surface area contributed by atoms with E-state index in [4.69, 9.17) is 0 Å². The molecule has 3 heteroatoms. The van der Waals surface area contributed by atoms with Crippen molar-refractivity contribution in [2.24, 2.45) is 0 Å². The van der Waals surface area contributed by atoms with Crippen LogP contribution in [0.3, 0.4) is 0 Å². The lowest BCUT2D eigenvalue weighted by Gasteiger charge is -2.12. The maximum atomic E-state index is 10.9. The molecule has 0 N–H and O–H groups in total. The van der Waals surface area contributed by atoms with Crippen molar-refractivity contribution in [2.45, 2.75) is 0 Å². The summed E-state index contributed by atoms with van der Waals surface area (Å²) in [6.45, 7) is 0. The zero-order valence-electron chi connectivity index (χ0n) is 9.23. The normalized spacial score (nSPS) is 10.3. The van der Waals surface area contributed by atoms with Gasteiger partial charge in [0.15, 0.2) is 0 Å². The number of benzene rings is 1. The molecule has 0 aliphatic rings. The summed E-state index contributed by atoms with van der Waals surface area (Å²) in [6.07, 6.45) is 3.15. The van der Waals surface area contributed by atoms with Gasteiger partial charge in [-0.3, -0.25) is 0 Å². The summed E-state index contributed by atoms with van der Waals surface area (Å²) in [5.74, 6) is -0.342. The zero-order chi connectivity index (χ0) is 11.3. The van der Waals surface area contributed by atoms with Crippen LogP contribution in [0.5, 0.6) is 0 Å². The first kappa shape index (κ1) is 11.3. The second-order valence-electron chi connectivity index (χ2n) is 3.35. The van der Waals surface area contributed by atoms with E-state index in [2.05, 4.69) is 4.74 Å². The molecular formula is C12H15NO2. The third-order valence-corrected chi connectivity index (χ3v) is 2.00. The average molecular weight is 205 g/mol. The molecule has 0 amide bonds. The van der Waals surface area contributed by atoms with Crippen LogP contribution in [0.15, 0.2) is 30.3 Å². The lowest BCUT2D eigenvalue weighted by Crippen LogP contribution is -2.08. The monoisotopic (exact) mass is 205 g/mol. The van der Waals surface area contributed by atoms with Crippen LogP contribution in [0.1, 0.15) is 5.56 Å². The minimum absolute atomic E-state index is 0.342. The number of hydrogen-bond donors (Lipinski definition) is 0. The lowest BCUT2D eigenvalue weighted by atomic mass is 10.2. The Labute approximate surface area is 90.0 Å². The largest absolute Gasteiger partial charge is 0.466 e. The second kappa shape index (κ2) is 5.20. The van der Waals surface area contributed by atoms with E-state index in [1.807, 2.05) is 43.3 Å². The highest BCUT2D eigenvalue weighted by atomic mass is 16.5. The van der Waals surface area contributed by atoms with Crippen molar-refractivity contribution < 1.29 is 9.53 Å². The van der Waals surface area contributed by atoms with Crippen LogP contribution in [0.2, 0.25) is 0 Å². The van der Waals surface area contributed by atoms with E-state index in [0.29, 0.717) is 0 Å². The average Bonchev–Trinajstić information content (AvgIpc) is 2.26. The van der Waals surface area contributed by atoms with Crippen LogP contribution < -0.4 is 4.90 Å². The zero-order valence-corrected chi connectivity index (χ0v) is 9.23. The first-order valence-corrected chi connectivity index (χ1v) is 4.67. The Balaban J connectivity index is 2.82. The summed E-state index contributed by atoms with van der Waals surface area (Å²) in [5.41, 5.74) is 2.08. The van der Waals surface area contributed by atoms with E-state index in [0.717, 1.165) is 11.3 Å². The Bertz CT molecular complexity index is 370. The van der Waals surface area contributed by atoms with Gasteiger partial charge in [-0.15, -0.1) is 0 Å². The fourth-order valence-electron chi connectivity index (χ4n) is 1.14. The predicted octanol–water partition coefficient (Wildman–Crippen LogP) is 1.94. The molecule has 0 radical (unpaired) electrons. The predicted molar refractivity (Wildman–Crippen MR) is 61.8 cm³/mol. The van der Waals surface area contributed by atoms with Gasteiger partial charge in [-0.05, 0) is 23.8 Å². The Morgan fingerprint density at radius 1 is 1.40 bits per heavy atom. The molecule has 0 aromatic heterocycles. The van der Waals surface area contributed by atoms with E-state index >= 15 is 0 Å². The number of carbonyl (C=O) groups is 1. The summed E-state index contributed by atoms with van der Waals surface area (Å²) in [5, 5.41) is 0. The van der Waals surface area contributed by atoms with Gasteiger partial charge >= 0.3 is 5.97 Å². The molecule has 0 heterocycles. The summed E-state index contributed by atoms with van der Waals surface area (Å²) in [6, 6.07) is 7.90. The number of methoxy groups -OCH3 is 1. The third-order valence-electron chi connectivity index (χ3n) is 2.00. The van der Waals surface area contributed by atoms with Crippen LogP contribution in [0.4, 0.5) is 5.69 Å². The maximum Gasteiger partial charge on any atom is 0.330 e. The molecule has 1 rings (SSSR count). The minimum Gasteiger partial charge on any atom is -0.466 e. The third kappa shape index (κ3) is 3.46. The molecule has 0 fully saturated rings. The molecular weight excluding hydrogens is 190 g/mol. The molecule has 1 aromatic carbocycles. The lowest BCUT2D eigenvalue weighted by molar-refractivity contribution is -0.134. The standard InChI is InChI=1S/C12H15NO2/c1-13(2)11-6-4-5-10(9-11)7-8-12(14)15-3/h4-9H,1-3H3. The van der Waals surface area contributed by atoms with Gasteiger partial charge < -0.3 is 9.64 Å². The van der Waals surface area contributed by atoms with Crippen LogP contribution in [0, 0.1) is 0 Å².